The molecule has 3 aromatic rings. The van der Waals surface area contributed by atoms with E-state index < -0.39 is 0 Å². The topological polar surface area (TPSA) is 98.1 Å². The SMILES string of the molecule is CCSc1nc(N2CCOCC2)c2cnn(CCNC(=O)c3ccc(Cl)nc3)c2n1. The summed E-state index contributed by atoms with van der Waals surface area (Å²) in [6, 6.07) is 3.23. The van der Waals surface area contributed by atoms with Crippen molar-refractivity contribution in [2.45, 2.75) is 18.6 Å². The molecule has 1 saturated heterocycles. The van der Waals surface area contributed by atoms with Crippen LogP contribution in [0.1, 0.15) is 17.3 Å². The van der Waals surface area contributed by atoms with E-state index in [9.17, 15) is 4.79 Å². The summed E-state index contributed by atoms with van der Waals surface area (Å²) in [5, 5.41) is 9.37. The summed E-state index contributed by atoms with van der Waals surface area (Å²) >= 11 is 7.37. The van der Waals surface area contributed by atoms with Crippen LogP contribution in [0.15, 0.2) is 29.7 Å². The van der Waals surface area contributed by atoms with Crippen molar-refractivity contribution in [2.75, 3.05) is 43.5 Å². The molecule has 0 radical (unpaired) electrons. The Morgan fingerprint density at radius 1 is 1.27 bits per heavy atom. The standard InChI is InChI=1S/C19H22ClN7O2S/c1-2-30-19-24-16(26-7-9-29-10-8-26)14-12-23-27(17(14)25-19)6-5-21-18(28)13-3-4-15(20)22-11-13/h3-4,11-12H,2,5-10H2,1H3,(H,21,28). The highest BCUT2D eigenvalue weighted by molar-refractivity contribution is 7.99. The Kier molecular flexibility index (Phi) is 6.66. The van der Waals surface area contributed by atoms with Crippen LogP contribution in [0.25, 0.3) is 11.0 Å². The zero-order chi connectivity index (χ0) is 20.9. The average molecular weight is 448 g/mol. The van der Waals surface area contributed by atoms with Crippen molar-refractivity contribution in [3.05, 3.63) is 35.2 Å². The van der Waals surface area contributed by atoms with E-state index in [1.807, 2.05) is 0 Å². The van der Waals surface area contributed by atoms with Crippen LogP contribution in [0.5, 0.6) is 0 Å². The normalized spacial score (nSPS) is 14.3. The highest BCUT2D eigenvalue weighted by Gasteiger charge is 2.20. The largest absolute Gasteiger partial charge is 0.378 e. The fourth-order valence-corrected chi connectivity index (χ4v) is 3.85. The minimum absolute atomic E-state index is 0.207. The molecule has 0 atom stereocenters. The van der Waals surface area contributed by atoms with Crippen LogP contribution in [0.2, 0.25) is 5.15 Å². The maximum atomic E-state index is 12.3. The summed E-state index contributed by atoms with van der Waals surface area (Å²) in [6.45, 7) is 5.92. The van der Waals surface area contributed by atoms with Crippen LogP contribution < -0.4 is 10.2 Å². The first kappa shape index (κ1) is 20.8. The molecule has 1 amide bonds. The Hall–Kier alpha value is -2.43. The number of thioether (sulfide) groups is 1. The van der Waals surface area contributed by atoms with E-state index in [0.717, 1.165) is 40.9 Å². The lowest BCUT2D eigenvalue weighted by Crippen LogP contribution is -2.37. The van der Waals surface area contributed by atoms with Crippen molar-refractivity contribution in [3.8, 4) is 0 Å². The molecule has 3 aromatic heterocycles. The zero-order valence-electron chi connectivity index (χ0n) is 16.5. The third-order valence-electron chi connectivity index (χ3n) is 4.64. The van der Waals surface area contributed by atoms with Gasteiger partial charge in [0.05, 0.1) is 36.9 Å². The first-order valence-electron chi connectivity index (χ1n) is 9.74. The Morgan fingerprint density at radius 3 is 2.83 bits per heavy atom. The van der Waals surface area contributed by atoms with E-state index in [2.05, 4.69) is 27.2 Å². The molecule has 11 heteroatoms. The highest BCUT2D eigenvalue weighted by atomic mass is 35.5. The molecule has 158 valence electrons. The summed E-state index contributed by atoms with van der Waals surface area (Å²) in [5.74, 6) is 1.57. The molecular formula is C19H22ClN7O2S. The minimum Gasteiger partial charge on any atom is -0.378 e. The van der Waals surface area contributed by atoms with Crippen molar-refractivity contribution >= 4 is 46.1 Å². The number of nitrogens with one attached hydrogen (secondary N) is 1. The fourth-order valence-electron chi connectivity index (χ4n) is 3.18. The van der Waals surface area contributed by atoms with E-state index in [1.165, 1.54) is 6.20 Å². The Labute approximate surface area is 183 Å². The predicted molar refractivity (Wildman–Crippen MR) is 116 cm³/mol. The number of pyridine rings is 1. The van der Waals surface area contributed by atoms with E-state index in [0.29, 0.717) is 37.0 Å². The number of hydrogen-bond acceptors (Lipinski definition) is 8. The molecule has 30 heavy (non-hydrogen) atoms. The lowest BCUT2D eigenvalue weighted by atomic mass is 10.3. The van der Waals surface area contributed by atoms with Gasteiger partial charge in [0.15, 0.2) is 10.8 Å². The van der Waals surface area contributed by atoms with Gasteiger partial charge in [-0.25, -0.2) is 19.6 Å². The third kappa shape index (κ3) is 4.66. The van der Waals surface area contributed by atoms with Crippen molar-refractivity contribution in [1.29, 1.82) is 0 Å². The summed E-state index contributed by atoms with van der Waals surface area (Å²) in [7, 11) is 0. The van der Waals surface area contributed by atoms with Crippen molar-refractivity contribution < 1.29 is 9.53 Å². The Bertz CT molecular complexity index is 1020. The highest BCUT2D eigenvalue weighted by Crippen LogP contribution is 2.27. The second-order valence-electron chi connectivity index (χ2n) is 6.59. The molecule has 0 aromatic carbocycles. The number of amides is 1. The first-order chi connectivity index (χ1) is 14.7. The van der Waals surface area contributed by atoms with Gasteiger partial charge in [-0.3, -0.25) is 4.79 Å². The molecule has 0 spiro atoms. The molecule has 0 saturated carbocycles. The molecule has 0 aliphatic carbocycles. The number of nitrogens with zero attached hydrogens (tertiary/aromatic N) is 6. The van der Waals surface area contributed by atoms with E-state index in [4.69, 9.17) is 26.3 Å². The van der Waals surface area contributed by atoms with Gasteiger partial charge in [0.25, 0.3) is 5.91 Å². The monoisotopic (exact) mass is 447 g/mol. The van der Waals surface area contributed by atoms with E-state index in [-0.39, 0.29) is 5.91 Å². The number of hydrogen-bond donors (Lipinski definition) is 1. The van der Waals surface area contributed by atoms with Gasteiger partial charge in [0.1, 0.15) is 11.0 Å². The fraction of sp³-hybridized carbons (Fsp3) is 0.421. The number of morpholine rings is 1. The van der Waals surface area contributed by atoms with Gasteiger partial charge in [-0.2, -0.15) is 5.10 Å². The number of rotatable bonds is 7. The van der Waals surface area contributed by atoms with Crippen LogP contribution in [0.4, 0.5) is 5.82 Å². The number of fused-ring (bicyclic) bond motifs is 1. The van der Waals surface area contributed by atoms with Gasteiger partial charge in [-0.15, -0.1) is 0 Å². The molecule has 0 unspecified atom stereocenters. The zero-order valence-corrected chi connectivity index (χ0v) is 18.1. The van der Waals surface area contributed by atoms with Crippen molar-refractivity contribution in [2.24, 2.45) is 0 Å². The maximum Gasteiger partial charge on any atom is 0.252 e. The first-order valence-corrected chi connectivity index (χ1v) is 11.1. The molecular weight excluding hydrogens is 426 g/mol. The van der Waals surface area contributed by atoms with Crippen molar-refractivity contribution in [1.82, 2.24) is 30.0 Å². The minimum atomic E-state index is -0.207. The smallest absolute Gasteiger partial charge is 0.252 e. The Morgan fingerprint density at radius 2 is 2.10 bits per heavy atom. The molecule has 4 rings (SSSR count). The summed E-state index contributed by atoms with van der Waals surface area (Å²) in [4.78, 5) is 27.9. The molecule has 1 aliphatic rings. The van der Waals surface area contributed by atoms with Crippen LogP contribution in [-0.2, 0) is 11.3 Å². The second kappa shape index (κ2) is 9.59. The summed E-state index contributed by atoms with van der Waals surface area (Å²) in [6.07, 6.45) is 3.25. The van der Waals surface area contributed by atoms with Gasteiger partial charge < -0.3 is 15.0 Å². The number of carbonyl (C=O) groups excluding carboxylic acids is 1. The number of ether oxygens (including phenoxy) is 1. The number of halogens is 1. The average Bonchev–Trinajstić information content (AvgIpc) is 3.17. The van der Waals surface area contributed by atoms with Gasteiger partial charge in [0, 0.05) is 25.8 Å². The molecule has 1 fully saturated rings. The van der Waals surface area contributed by atoms with E-state index in [1.54, 1.807) is 34.8 Å². The number of anilines is 1. The number of aromatic nitrogens is 5. The van der Waals surface area contributed by atoms with Crippen molar-refractivity contribution in [3.63, 3.8) is 0 Å². The summed E-state index contributed by atoms with van der Waals surface area (Å²) in [5.41, 5.74) is 1.23. The third-order valence-corrected chi connectivity index (χ3v) is 5.59. The van der Waals surface area contributed by atoms with Gasteiger partial charge in [0.2, 0.25) is 0 Å². The number of carbonyl (C=O) groups is 1. The quantitative estimate of drug-likeness (QED) is 0.334. The van der Waals surface area contributed by atoms with E-state index >= 15 is 0 Å². The van der Waals surface area contributed by atoms with Gasteiger partial charge in [-0.1, -0.05) is 30.3 Å². The summed E-state index contributed by atoms with van der Waals surface area (Å²) < 4.78 is 7.28. The lowest BCUT2D eigenvalue weighted by Gasteiger charge is -2.28. The molecule has 1 aliphatic heterocycles. The van der Waals surface area contributed by atoms with Crippen LogP contribution >= 0.6 is 23.4 Å². The molecule has 1 N–H and O–H groups in total. The second-order valence-corrected chi connectivity index (χ2v) is 8.21. The lowest BCUT2D eigenvalue weighted by molar-refractivity contribution is 0.0951. The van der Waals surface area contributed by atoms with Gasteiger partial charge in [-0.05, 0) is 17.9 Å². The molecule has 0 bridgehead atoms. The predicted octanol–water partition coefficient (Wildman–Crippen LogP) is 2.25. The Balaban J connectivity index is 1.51. The van der Waals surface area contributed by atoms with Crippen LogP contribution in [-0.4, -0.2) is 69.2 Å². The van der Waals surface area contributed by atoms with Gasteiger partial charge >= 0.3 is 0 Å². The molecule has 4 heterocycles. The maximum absolute atomic E-state index is 12.3. The van der Waals surface area contributed by atoms with Crippen LogP contribution in [0.3, 0.4) is 0 Å². The van der Waals surface area contributed by atoms with Crippen LogP contribution in [0, 0.1) is 0 Å². The molecule has 9 nitrogen and oxygen atoms in total.